The number of hydrogen-bond acceptors (Lipinski definition) is 2. The van der Waals surface area contributed by atoms with Gasteiger partial charge in [0.1, 0.15) is 11.5 Å². The summed E-state index contributed by atoms with van der Waals surface area (Å²) >= 11 is 0. The number of phenolic OH excluding ortho intramolecular Hbond substituents is 2. The average Bonchev–Trinajstić information content (AvgIpc) is 3.69. The van der Waals surface area contributed by atoms with Gasteiger partial charge in [0, 0.05) is 8.07 Å². The molecule has 0 unspecified atom stereocenters. The quantitative estimate of drug-likeness (QED) is 0.129. The van der Waals surface area contributed by atoms with Crippen molar-refractivity contribution in [2.24, 2.45) is 0 Å². The van der Waals surface area contributed by atoms with Gasteiger partial charge in [0.15, 0.2) is 0 Å². The summed E-state index contributed by atoms with van der Waals surface area (Å²) in [6.45, 7) is 35.9. The van der Waals surface area contributed by atoms with Crippen LogP contribution in [0.25, 0.3) is 21.5 Å². The van der Waals surface area contributed by atoms with Gasteiger partial charge in [-0.1, -0.05) is 155 Å². The normalized spacial score (nSPS) is 12.0. The summed E-state index contributed by atoms with van der Waals surface area (Å²) in [5, 5.41) is 28.5. The largest absolute Gasteiger partial charge is 2.00 e. The molecule has 4 heteroatoms. The molecule has 0 aliphatic carbocycles. The molecule has 0 radical (unpaired) electrons. The number of phenols is 2. The summed E-state index contributed by atoms with van der Waals surface area (Å²) in [7, 11) is -1.97. The van der Waals surface area contributed by atoms with Crippen molar-refractivity contribution in [2.75, 3.05) is 0 Å². The predicted molar refractivity (Wildman–Crippen MR) is 246 cm³/mol. The molecule has 0 aliphatic rings. The Morgan fingerprint density at radius 3 is 1.18 bits per heavy atom. The van der Waals surface area contributed by atoms with E-state index in [4.69, 9.17) is 0 Å². The van der Waals surface area contributed by atoms with Gasteiger partial charge < -0.3 is 10.2 Å². The van der Waals surface area contributed by atoms with Crippen molar-refractivity contribution in [3.63, 3.8) is 0 Å². The first-order valence-electron chi connectivity index (χ1n) is 20.6. The Balaban J connectivity index is 0.000000276. The molecule has 0 amide bonds. The molecule has 0 saturated carbocycles. The second-order valence-electron chi connectivity index (χ2n) is 18.9. The summed E-state index contributed by atoms with van der Waals surface area (Å²) in [6.07, 6.45) is 2.21. The van der Waals surface area contributed by atoms with Crippen molar-refractivity contribution in [2.45, 2.75) is 146 Å². The zero-order valence-electron chi connectivity index (χ0n) is 37.5. The smallest absolute Gasteiger partial charge is 0.508 e. The van der Waals surface area contributed by atoms with E-state index >= 15 is 0 Å². The van der Waals surface area contributed by atoms with Crippen LogP contribution in [-0.4, -0.2) is 18.3 Å². The molecule has 2 nitrogen and oxygen atoms in total. The molecule has 56 heavy (non-hydrogen) atoms. The van der Waals surface area contributed by atoms with Crippen molar-refractivity contribution in [1.29, 1.82) is 0 Å². The van der Waals surface area contributed by atoms with E-state index in [1.165, 1.54) is 33.0 Å². The minimum atomic E-state index is -1.97. The van der Waals surface area contributed by atoms with Crippen molar-refractivity contribution in [3.05, 3.63) is 129 Å². The van der Waals surface area contributed by atoms with E-state index in [9.17, 15) is 10.2 Å². The Morgan fingerprint density at radius 2 is 0.911 bits per heavy atom. The molecule has 0 saturated heterocycles. The summed E-state index contributed by atoms with van der Waals surface area (Å²) in [5.74, 6) is 1.86. The third-order valence-electron chi connectivity index (χ3n) is 11.2. The van der Waals surface area contributed by atoms with Gasteiger partial charge in [0.2, 0.25) is 0 Å². The van der Waals surface area contributed by atoms with Crippen LogP contribution in [0.1, 0.15) is 139 Å². The van der Waals surface area contributed by atoms with Crippen LogP contribution in [-0.2, 0) is 49.9 Å². The van der Waals surface area contributed by atoms with Crippen molar-refractivity contribution < 1.29 is 36.4 Å². The SMILES string of the molecule is CCc1[cH-]c2cccc(C(C)C)c2c1[Si](C)(C)c1c(CC)[cH-]c2cccc(C(C)C)c12.Cc1ccc(O)c(C(C)(C)C)c1.Cc1ccc(O)c(C(C)(C)C)c1.[Zr+2]. The maximum Gasteiger partial charge on any atom is 2.00 e. The Bertz CT molecular complexity index is 2070. The molecular weight excluding hydrogens is 776 g/mol. The van der Waals surface area contributed by atoms with Gasteiger partial charge in [-0.3, -0.25) is 0 Å². The van der Waals surface area contributed by atoms with Crippen LogP contribution in [0.15, 0.2) is 84.9 Å². The summed E-state index contributed by atoms with van der Waals surface area (Å²) < 4.78 is 0. The number of benzene rings is 4. The van der Waals surface area contributed by atoms with E-state index < -0.39 is 8.07 Å². The predicted octanol–water partition coefficient (Wildman–Crippen LogP) is 13.6. The molecule has 0 aliphatic heterocycles. The Morgan fingerprint density at radius 1 is 0.571 bits per heavy atom. The molecule has 0 atom stereocenters. The molecule has 298 valence electrons. The van der Waals surface area contributed by atoms with Crippen molar-refractivity contribution >= 4 is 40.0 Å². The Labute approximate surface area is 360 Å². The first kappa shape index (κ1) is 47.2. The summed E-state index contributed by atoms with van der Waals surface area (Å²) in [5.41, 5.74) is 10.6. The molecular formula is C52H70O2SiZr. The Kier molecular flexibility index (Phi) is 15.7. The van der Waals surface area contributed by atoms with Gasteiger partial charge in [-0.05, 0) is 72.6 Å². The van der Waals surface area contributed by atoms with Gasteiger partial charge in [-0.2, -0.15) is 10.4 Å². The van der Waals surface area contributed by atoms with Crippen LogP contribution in [0.4, 0.5) is 0 Å². The van der Waals surface area contributed by atoms with E-state index in [1.54, 1.807) is 44.4 Å². The molecule has 6 aromatic carbocycles. The van der Waals surface area contributed by atoms with E-state index in [0.29, 0.717) is 23.3 Å². The molecule has 2 N–H and O–H groups in total. The van der Waals surface area contributed by atoms with E-state index in [0.717, 1.165) is 24.0 Å². The average molecular weight is 846 g/mol. The van der Waals surface area contributed by atoms with E-state index in [-0.39, 0.29) is 37.0 Å². The monoisotopic (exact) mass is 844 g/mol. The molecule has 6 aromatic rings. The van der Waals surface area contributed by atoms with Gasteiger partial charge in [-0.15, -0.1) is 69.1 Å². The second-order valence-corrected chi connectivity index (χ2v) is 23.1. The second kappa shape index (κ2) is 18.6. The van der Waals surface area contributed by atoms with Gasteiger partial charge in [0.05, 0.1) is 0 Å². The maximum atomic E-state index is 9.57. The van der Waals surface area contributed by atoms with Gasteiger partial charge in [-0.25, -0.2) is 0 Å². The van der Waals surface area contributed by atoms with Crippen molar-refractivity contribution in [3.8, 4) is 11.5 Å². The fraction of sp³-hybridized carbons (Fsp3) is 0.423. The summed E-state index contributed by atoms with van der Waals surface area (Å²) in [6, 6.07) is 30.3. The van der Waals surface area contributed by atoms with Crippen LogP contribution in [0.2, 0.25) is 13.1 Å². The van der Waals surface area contributed by atoms with E-state index in [1.807, 2.05) is 38.1 Å². The third kappa shape index (κ3) is 10.3. The van der Waals surface area contributed by atoms with Crippen molar-refractivity contribution in [1.82, 2.24) is 0 Å². The van der Waals surface area contributed by atoms with Gasteiger partial charge >= 0.3 is 26.2 Å². The first-order chi connectivity index (χ1) is 25.5. The summed E-state index contributed by atoms with van der Waals surface area (Å²) in [4.78, 5) is 0. The number of rotatable bonds is 6. The first-order valence-corrected chi connectivity index (χ1v) is 23.6. The Hall–Kier alpha value is -3.20. The van der Waals surface area contributed by atoms with Gasteiger partial charge in [0.25, 0.3) is 0 Å². The minimum absolute atomic E-state index is 0. The number of aryl methyl sites for hydroxylation is 4. The van der Waals surface area contributed by atoms with Crippen LogP contribution in [0.3, 0.4) is 0 Å². The molecule has 0 fully saturated rings. The molecule has 0 bridgehead atoms. The zero-order chi connectivity index (χ0) is 41.2. The fourth-order valence-corrected chi connectivity index (χ4v) is 12.6. The number of aromatic hydroxyl groups is 2. The minimum Gasteiger partial charge on any atom is -0.508 e. The molecule has 0 aromatic heterocycles. The standard InChI is InChI=1S/C30H38Si.2C11H16O.Zr/c1-9-21-17-23-13-11-15-25(19(3)4)27(23)29(21)31(7,8)30-22(10-2)18-24-14-12-16-26(20(5)6)28(24)30;2*1-8-5-6-10(12)9(7-8)11(2,3)4;/h11-20H,9-10H2,1-8H3;2*5-7,12H,1-4H3;/q-2;;;+2. The zero-order valence-corrected chi connectivity index (χ0v) is 41.0. The van der Waals surface area contributed by atoms with Crippen LogP contribution < -0.4 is 10.4 Å². The molecule has 0 spiro atoms. The fourth-order valence-electron chi connectivity index (χ4n) is 8.41. The van der Waals surface area contributed by atoms with Crippen LogP contribution in [0.5, 0.6) is 11.5 Å². The van der Waals surface area contributed by atoms with Crippen LogP contribution in [0, 0.1) is 13.8 Å². The third-order valence-corrected chi connectivity index (χ3v) is 14.9. The topological polar surface area (TPSA) is 40.5 Å². The molecule has 0 heterocycles. The maximum absolute atomic E-state index is 9.57. The number of fused-ring (bicyclic) bond motifs is 2. The number of hydrogen-bond donors (Lipinski definition) is 2. The molecule has 6 rings (SSSR count). The van der Waals surface area contributed by atoms with E-state index in [2.05, 4.69) is 145 Å². The van der Waals surface area contributed by atoms with Crippen LogP contribution >= 0.6 is 0 Å².